The quantitative estimate of drug-likeness (QED) is 0.915. The topological polar surface area (TPSA) is 38.7 Å². The minimum absolute atomic E-state index is 0.667. The molecule has 1 atom stereocenters. The van der Waals surface area contributed by atoms with Gasteiger partial charge in [0.05, 0.1) is 18.0 Å². The first-order valence-corrected chi connectivity index (χ1v) is 7.33. The van der Waals surface area contributed by atoms with Gasteiger partial charge in [0, 0.05) is 10.9 Å². The van der Waals surface area contributed by atoms with E-state index in [1.54, 1.807) is 20.3 Å². The Morgan fingerprint density at radius 3 is 2.11 bits per heavy atom. The molecule has 1 aromatic heterocycles. The summed E-state index contributed by atoms with van der Waals surface area (Å²) < 4.78 is 11.5. The summed E-state index contributed by atoms with van der Waals surface area (Å²) in [6.07, 6.45) is -0.681. The molecule has 0 spiro atoms. The number of thiophene rings is 1. The van der Waals surface area contributed by atoms with Crippen LogP contribution in [-0.2, 0) is 0 Å². The summed E-state index contributed by atoms with van der Waals surface area (Å²) in [5.74, 6) is 1.33. The molecule has 19 heavy (non-hydrogen) atoms. The molecule has 0 saturated heterocycles. The predicted octanol–water partition coefficient (Wildman–Crippen LogP) is 3.92. The lowest BCUT2D eigenvalue weighted by atomic mass is 10.1. The van der Waals surface area contributed by atoms with Crippen LogP contribution in [0.25, 0.3) is 0 Å². The molecule has 2 aromatic rings. The highest BCUT2D eigenvalue weighted by atomic mass is 79.9. The predicted molar refractivity (Wildman–Crippen MR) is 80.4 cm³/mol. The summed E-state index contributed by atoms with van der Waals surface area (Å²) >= 11 is 5.00. The lowest BCUT2D eigenvalue weighted by Crippen LogP contribution is -1.99. The number of hydrogen-bond acceptors (Lipinski definition) is 4. The Bertz CT molecular complexity index is 538. The molecule has 0 amide bonds. The fourth-order valence-corrected chi connectivity index (χ4v) is 3.36. The van der Waals surface area contributed by atoms with Gasteiger partial charge in [0.15, 0.2) is 0 Å². The number of benzene rings is 1. The van der Waals surface area contributed by atoms with Crippen molar-refractivity contribution in [3.8, 4) is 11.5 Å². The van der Waals surface area contributed by atoms with Crippen molar-refractivity contribution < 1.29 is 14.6 Å². The largest absolute Gasteiger partial charge is 0.497 e. The molecular formula is C14H15BrO3S. The van der Waals surface area contributed by atoms with Crippen molar-refractivity contribution in [2.45, 2.75) is 13.0 Å². The van der Waals surface area contributed by atoms with E-state index in [9.17, 15) is 5.11 Å². The number of aliphatic hydroxyl groups excluding tert-OH is 1. The van der Waals surface area contributed by atoms with Crippen molar-refractivity contribution in [2.75, 3.05) is 14.2 Å². The van der Waals surface area contributed by atoms with Crippen LogP contribution in [0.2, 0.25) is 0 Å². The summed E-state index contributed by atoms with van der Waals surface area (Å²) in [7, 11) is 3.19. The van der Waals surface area contributed by atoms with Gasteiger partial charge in [-0.05, 0) is 52.2 Å². The maximum Gasteiger partial charge on any atom is 0.122 e. The first-order valence-electron chi connectivity index (χ1n) is 5.72. The highest BCUT2D eigenvalue weighted by Crippen LogP contribution is 2.36. The number of halogens is 1. The van der Waals surface area contributed by atoms with Crippen molar-refractivity contribution in [3.05, 3.63) is 44.1 Å². The molecule has 1 aromatic carbocycles. The third-order valence-electron chi connectivity index (χ3n) is 2.84. The van der Waals surface area contributed by atoms with Gasteiger partial charge >= 0.3 is 0 Å². The molecule has 0 bridgehead atoms. The van der Waals surface area contributed by atoms with Crippen molar-refractivity contribution in [2.24, 2.45) is 0 Å². The number of aryl methyl sites for hydroxylation is 1. The summed E-state index contributed by atoms with van der Waals surface area (Å²) in [6, 6.07) is 7.39. The Morgan fingerprint density at radius 1 is 1.11 bits per heavy atom. The Balaban J connectivity index is 2.39. The van der Waals surface area contributed by atoms with Crippen LogP contribution in [0.15, 0.2) is 28.1 Å². The van der Waals surface area contributed by atoms with Gasteiger partial charge in [-0.1, -0.05) is 0 Å². The minimum atomic E-state index is -0.681. The van der Waals surface area contributed by atoms with E-state index in [1.165, 1.54) is 11.3 Å². The average Bonchev–Trinajstić information content (AvgIpc) is 2.77. The normalized spacial score (nSPS) is 12.3. The second-order valence-electron chi connectivity index (χ2n) is 4.15. The monoisotopic (exact) mass is 342 g/mol. The highest BCUT2D eigenvalue weighted by molar-refractivity contribution is 9.11. The third kappa shape index (κ3) is 3.11. The summed E-state index contributed by atoms with van der Waals surface area (Å²) in [4.78, 5) is 0.889. The smallest absolute Gasteiger partial charge is 0.122 e. The van der Waals surface area contributed by atoms with E-state index < -0.39 is 6.10 Å². The van der Waals surface area contributed by atoms with Crippen molar-refractivity contribution in [3.63, 3.8) is 0 Å². The van der Waals surface area contributed by atoms with Crippen LogP contribution in [0.3, 0.4) is 0 Å². The lowest BCUT2D eigenvalue weighted by Gasteiger charge is -2.12. The molecule has 0 aliphatic rings. The van der Waals surface area contributed by atoms with E-state index in [-0.39, 0.29) is 0 Å². The van der Waals surface area contributed by atoms with E-state index in [4.69, 9.17) is 9.47 Å². The molecule has 0 aliphatic carbocycles. The van der Waals surface area contributed by atoms with Gasteiger partial charge in [0.2, 0.25) is 0 Å². The molecular weight excluding hydrogens is 328 g/mol. The number of ether oxygens (including phenoxy) is 2. The zero-order chi connectivity index (χ0) is 14.0. The molecule has 0 aliphatic heterocycles. The van der Waals surface area contributed by atoms with Gasteiger partial charge in [-0.3, -0.25) is 0 Å². The van der Waals surface area contributed by atoms with E-state index >= 15 is 0 Å². The van der Waals surface area contributed by atoms with Crippen LogP contribution in [-0.4, -0.2) is 19.3 Å². The van der Waals surface area contributed by atoms with Crippen molar-refractivity contribution in [1.29, 1.82) is 0 Å². The van der Waals surface area contributed by atoms with Gasteiger partial charge in [-0.25, -0.2) is 0 Å². The summed E-state index contributed by atoms with van der Waals surface area (Å²) in [5, 5.41) is 10.4. The molecule has 2 rings (SSSR count). The summed E-state index contributed by atoms with van der Waals surface area (Å²) in [6.45, 7) is 2.00. The van der Waals surface area contributed by atoms with E-state index in [0.29, 0.717) is 11.5 Å². The first kappa shape index (κ1) is 14.4. The molecule has 0 saturated carbocycles. The van der Waals surface area contributed by atoms with Gasteiger partial charge in [-0.15, -0.1) is 11.3 Å². The molecule has 102 valence electrons. The van der Waals surface area contributed by atoms with Gasteiger partial charge in [0.25, 0.3) is 0 Å². The van der Waals surface area contributed by atoms with Crippen LogP contribution < -0.4 is 9.47 Å². The molecule has 0 fully saturated rings. The second kappa shape index (κ2) is 5.94. The molecule has 1 heterocycles. The fraction of sp³-hybridized carbons (Fsp3) is 0.286. The maximum atomic E-state index is 10.4. The van der Waals surface area contributed by atoms with Crippen LogP contribution in [0.1, 0.15) is 22.1 Å². The Kier molecular flexibility index (Phi) is 4.50. The lowest BCUT2D eigenvalue weighted by molar-refractivity contribution is 0.223. The summed E-state index contributed by atoms with van der Waals surface area (Å²) in [5.41, 5.74) is 1.87. The van der Waals surface area contributed by atoms with Gasteiger partial charge < -0.3 is 14.6 Å². The van der Waals surface area contributed by atoms with E-state index in [2.05, 4.69) is 15.9 Å². The van der Waals surface area contributed by atoms with Crippen LogP contribution in [0.4, 0.5) is 0 Å². The third-order valence-corrected chi connectivity index (χ3v) is 5.02. The van der Waals surface area contributed by atoms with E-state index in [1.807, 2.05) is 25.1 Å². The molecule has 5 heteroatoms. The fourth-order valence-electron chi connectivity index (χ4n) is 1.77. The number of rotatable bonds is 4. The molecule has 3 nitrogen and oxygen atoms in total. The zero-order valence-electron chi connectivity index (χ0n) is 10.9. The van der Waals surface area contributed by atoms with Crippen LogP contribution in [0.5, 0.6) is 11.5 Å². The zero-order valence-corrected chi connectivity index (χ0v) is 13.3. The maximum absolute atomic E-state index is 10.4. The SMILES string of the molecule is COc1cc(OC)cc(C(O)c2cc(C)c(Br)s2)c1. The molecule has 1 N–H and O–H groups in total. The van der Waals surface area contributed by atoms with Gasteiger partial charge in [0.1, 0.15) is 17.6 Å². The number of hydrogen-bond donors (Lipinski definition) is 1. The van der Waals surface area contributed by atoms with Crippen LogP contribution >= 0.6 is 27.3 Å². The standard InChI is InChI=1S/C14H15BrO3S/c1-8-4-12(19-14(8)15)13(16)9-5-10(17-2)7-11(6-9)18-3/h4-7,13,16H,1-3H3. The highest BCUT2D eigenvalue weighted by Gasteiger charge is 2.16. The molecule has 1 unspecified atom stereocenters. The number of methoxy groups -OCH3 is 2. The Morgan fingerprint density at radius 2 is 1.68 bits per heavy atom. The number of aliphatic hydroxyl groups is 1. The van der Waals surface area contributed by atoms with Gasteiger partial charge in [-0.2, -0.15) is 0 Å². The van der Waals surface area contributed by atoms with Crippen molar-refractivity contribution in [1.82, 2.24) is 0 Å². The minimum Gasteiger partial charge on any atom is -0.497 e. The Labute approximate surface area is 124 Å². The first-order chi connectivity index (χ1) is 9.05. The van der Waals surface area contributed by atoms with E-state index in [0.717, 1.165) is 19.8 Å². The van der Waals surface area contributed by atoms with Crippen LogP contribution in [0, 0.1) is 6.92 Å². The second-order valence-corrected chi connectivity index (χ2v) is 6.56. The molecule has 0 radical (unpaired) electrons. The Hall–Kier alpha value is -1.04. The van der Waals surface area contributed by atoms with Crippen molar-refractivity contribution >= 4 is 27.3 Å². The average molecular weight is 343 g/mol.